The van der Waals surface area contributed by atoms with Crippen LogP contribution in [-0.2, 0) is 17.8 Å². The summed E-state index contributed by atoms with van der Waals surface area (Å²) < 4.78 is 11.4. The number of amides is 1. The summed E-state index contributed by atoms with van der Waals surface area (Å²) >= 11 is 11.9. The number of carbonyl (C=O) groups excluding carboxylic acids is 1. The Morgan fingerprint density at radius 2 is 1.53 bits per heavy atom. The van der Waals surface area contributed by atoms with Gasteiger partial charge in [0.1, 0.15) is 0 Å². The van der Waals surface area contributed by atoms with Crippen LogP contribution >= 0.6 is 23.2 Å². The number of aryl methyl sites for hydroxylation is 1. The normalized spacial score (nSPS) is 10.5. The molecule has 0 saturated heterocycles. The lowest BCUT2D eigenvalue weighted by Crippen LogP contribution is -2.20. The van der Waals surface area contributed by atoms with Crippen LogP contribution in [-0.4, -0.2) is 19.1 Å². The molecule has 1 amide bonds. The third-order valence-electron chi connectivity index (χ3n) is 4.73. The van der Waals surface area contributed by atoms with Crippen LogP contribution in [0.1, 0.15) is 25.0 Å². The van der Waals surface area contributed by atoms with E-state index >= 15 is 0 Å². The van der Waals surface area contributed by atoms with E-state index in [1.807, 2.05) is 25.1 Å². The minimum Gasteiger partial charge on any atom is -0.490 e. The number of nitrogens with one attached hydrogen (secondary N) is 2. The predicted octanol–water partition coefficient (Wildman–Crippen LogP) is 6.58. The summed E-state index contributed by atoms with van der Waals surface area (Å²) in [6.07, 6.45) is 1.02. The van der Waals surface area contributed by atoms with Gasteiger partial charge in [-0.25, -0.2) is 0 Å². The Bertz CT molecular complexity index is 1060. The van der Waals surface area contributed by atoms with Crippen LogP contribution in [0.5, 0.6) is 11.5 Å². The van der Waals surface area contributed by atoms with Gasteiger partial charge in [0, 0.05) is 17.9 Å². The first-order valence-corrected chi connectivity index (χ1v) is 11.2. The van der Waals surface area contributed by atoms with E-state index in [0.29, 0.717) is 40.4 Å². The van der Waals surface area contributed by atoms with E-state index in [1.54, 1.807) is 18.2 Å². The van der Waals surface area contributed by atoms with Crippen LogP contribution in [0.4, 0.5) is 11.4 Å². The molecule has 0 aliphatic carbocycles. The molecule has 0 saturated carbocycles. The molecule has 0 fully saturated rings. The second kappa shape index (κ2) is 11.7. The van der Waals surface area contributed by atoms with Crippen molar-refractivity contribution < 1.29 is 14.3 Å². The van der Waals surface area contributed by atoms with Gasteiger partial charge in [0.15, 0.2) is 18.1 Å². The van der Waals surface area contributed by atoms with Gasteiger partial charge in [0.05, 0.1) is 16.7 Å². The van der Waals surface area contributed by atoms with Crippen molar-refractivity contribution in [1.82, 2.24) is 0 Å². The number of anilines is 2. The fourth-order valence-corrected chi connectivity index (χ4v) is 3.32. The molecular weight excluding hydrogens is 447 g/mol. The Morgan fingerprint density at radius 1 is 0.812 bits per heavy atom. The van der Waals surface area contributed by atoms with E-state index in [1.165, 1.54) is 5.56 Å². The van der Waals surface area contributed by atoms with Crippen molar-refractivity contribution in [1.29, 1.82) is 0 Å². The summed E-state index contributed by atoms with van der Waals surface area (Å²) in [6, 6.07) is 19.0. The van der Waals surface area contributed by atoms with Crippen LogP contribution in [0.15, 0.2) is 60.7 Å². The second-order valence-electron chi connectivity index (χ2n) is 7.08. The highest BCUT2D eigenvalue weighted by atomic mass is 35.5. The van der Waals surface area contributed by atoms with Crippen molar-refractivity contribution in [3.05, 3.63) is 81.8 Å². The highest BCUT2D eigenvalue weighted by Crippen LogP contribution is 2.29. The zero-order valence-corrected chi connectivity index (χ0v) is 19.6. The molecule has 3 aromatic carbocycles. The summed E-state index contributed by atoms with van der Waals surface area (Å²) in [5, 5.41) is 6.93. The molecule has 7 heteroatoms. The van der Waals surface area contributed by atoms with Crippen molar-refractivity contribution in [3.8, 4) is 11.5 Å². The lowest BCUT2D eigenvalue weighted by Gasteiger charge is -2.14. The molecule has 3 aromatic rings. The average molecular weight is 473 g/mol. The molecule has 2 N–H and O–H groups in total. The molecule has 3 rings (SSSR count). The zero-order chi connectivity index (χ0) is 22.9. The molecule has 0 aliphatic heterocycles. The van der Waals surface area contributed by atoms with Crippen LogP contribution < -0.4 is 20.1 Å². The van der Waals surface area contributed by atoms with Gasteiger partial charge in [0.25, 0.3) is 5.91 Å². The highest BCUT2D eigenvalue weighted by molar-refractivity contribution is 6.42. The quantitative estimate of drug-likeness (QED) is 0.349. The Balaban J connectivity index is 1.59. The SMILES string of the molecule is CCOc1cc(CNc2ccc(CC)cc2)ccc1OCC(=O)Nc1ccc(Cl)c(Cl)c1. The largest absolute Gasteiger partial charge is 0.490 e. The Morgan fingerprint density at radius 3 is 2.22 bits per heavy atom. The van der Waals surface area contributed by atoms with Crippen LogP contribution in [0.2, 0.25) is 10.0 Å². The molecule has 0 aliphatic rings. The standard InChI is InChI=1S/C25H26Cl2N2O3/c1-3-17-5-8-19(9-6-17)28-15-18-7-12-23(24(13-18)31-4-2)32-16-25(30)29-20-10-11-21(26)22(27)14-20/h5-14,28H,3-4,15-16H2,1-2H3,(H,29,30). The Labute approximate surface area is 198 Å². The Kier molecular flexibility index (Phi) is 8.65. The number of ether oxygens (including phenoxy) is 2. The molecule has 168 valence electrons. The van der Waals surface area contributed by atoms with Crippen molar-refractivity contribution in [2.75, 3.05) is 23.8 Å². The van der Waals surface area contributed by atoms with Crippen LogP contribution in [0, 0.1) is 0 Å². The first-order chi connectivity index (χ1) is 15.5. The number of carbonyl (C=O) groups is 1. The van der Waals surface area contributed by atoms with E-state index < -0.39 is 0 Å². The fraction of sp³-hybridized carbons (Fsp3) is 0.240. The molecule has 0 atom stereocenters. The van der Waals surface area contributed by atoms with E-state index in [4.69, 9.17) is 32.7 Å². The minimum absolute atomic E-state index is 0.165. The molecule has 0 heterocycles. The van der Waals surface area contributed by atoms with Gasteiger partial charge in [0.2, 0.25) is 0 Å². The summed E-state index contributed by atoms with van der Waals surface area (Å²) in [4.78, 5) is 12.3. The highest BCUT2D eigenvalue weighted by Gasteiger charge is 2.10. The van der Waals surface area contributed by atoms with Crippen molar-refractivity contribution in [3.63, 3.8) is 0 Å². The molecule has 0 spiro atoms. The van der Waals surface area contributed by atoms with Crippen LogP contribution in [0.25, 0.3) is 0 Å². The van der Waals surface area contributed by atoms with E-state index in [0.717, 1.165) is 17.7 Å². The first-order valence-electron chi connectivity index (χ1n) is 10.4. The van der Waals surface area contributed by atoms with E-state index in [-0.39, 0.29) is 12.5 Å². The number of hydrogen-bond donors (Lipinski definition) is 2. The minimum atomic E-state index is -0.313. The zero-order valence-electron chi connectivity index (χ0n) is 18.1. The number of hydrogen-bond acceptors (Lipinski definition) is 4. The summed E-state index contributed by atoms with van der Waals surface area (Å²) in [7, 11) is 0. The van der Waals surface area contributed by atoms with Gasteiger partial charge in [-0.3, -0.25) is 4.79 Å². The van der Waals surface area contributed by atoms with Gasteiger partial charge in [-0.2, -0.15) is 0 Å². The lowest BCUT2D eigenvalue weighted by atomic mass is 10.1. The van der Waals surface area contributed by atoms with E-state index in [9.17, 15) is 4.79 Å². The molecule has 0 bridgehead atoms. The Hall–Kier alpha value is -2.89. The monoisotopic (exact) mass is 472 g/mol. The van der Waals surface area contributed by atoms with Crippen molar-refractivity contribution in [2.45, 2.75) is 26.8 Å². The third kappa shape index (κ3) is 6.81. The lowest BCUT2D eigenvalue weighted by molar-refractivity contribution is -0.118. The summed E-state index contributed by atoms with van der Waals surface area (Å²) in [5.41, 5.74) is 3.95. The van der Waals surface area contributed by atoms with Gasteiger partial charge in [-0.05, 0) is 66.9 Å². The molecule has 32 heavy (non-hydrogen) atoms. The topological polar surface area (TPSA) is 59.6 Å². The second-order valence-corrected chi connectivity index (χ2v) is 7.90. The fourth-order valence-electron chi connectivity index (χ4n) is 3.03. The number of halogens is 2. The van der Waals surface area contributed by atoms with E-state index in [2.05, 4.69) is 41.8 Å². The number of rotatable bonds is 10. The molecule has 5 nitrogen and oxygen atoms in total. The molecule has 0 aromatic heterocycles. The summed E-state index contributed by atoms with van der Waals surface area (Å²) in [6.45, 7) is 5.01. The molecule has 0 radical (unpaired) electrons. The van der Waals surface area contributed by atoms with Gasteiger partial charge in [-0.15, -0.1) is 0 Å². The third-order valence-corrected chi connectivity index (χ3v) is 5.47. The maximum atomic E-state index is 12.3. The van der Waals surface area contributed by atoms with Gasteiger partial charge in [-0.1, -0.05) is 48.3 Å². The molecule has 0 unspecified atom stereocenters. The first kappa shape index (κ1) is 23.8. The van der Waals surface area contributed by atoms with Crippen molar-refractivity contribution >= 4 is 40.5 Å². The smallest absolute Gasteiger partial charge is 0.262 e. The number of benzene rings is 3. The maximum absolute atomic E-state index is 12.3. The average Bonchev–Trinajstić information content (AvgIpc) is 2.80. The predicted molar refractivity (Wildman–Crippen MR) is 131 cm³/mol. The molecular formula is C25H26Cl2N2O3. The van der Waals surface area contributed by atoms with Gasteiger partial charge < -0.3 is 20.1 Å². The van der Waals surface area contributed by atoms with Crippen molar-refractivity contribution in [2.24, 2.45) is 0 Å². The summed E-state index contributed by atoms with van der Waals surface area (Å²) in [5.74, 6) is 0.787. The maximum Gasteiger partial charge on any atom is 0.262 e. The van der Waals surface area contributed by atoms with Crippen LogP contribution in [0.3, 0.4) is 0 Å². The van der Waals surface area contributed by atoms with Gasteiger partial charge >= 0.3 is 0 Å².